The second kappa shape index (κ2) is 11.8. The highest BCUT2D eigenvalue weighted by atomic mass is 31.1. The van der Waals surface area contributed by atoms with Gasteiger partial charge in [-0.1, -0.05) is 60.7 Å². The summed E-state index contributed by atoms with van der Waals surface area (Å²) in [4.78, 5) is 4.36. The molecule has 0 atom stereocenters. The molecule has 1 fully saturated rings. The summed E-state index contributed by atoms with van der Waals surface area (Å²) in [7, 11) is -1.73. The van der Waals surface area contributed by atoms with E-state index >= 15 is 0 Å². The minimum absolute atomic E-state index is 0.605. The Balaban J connectivity index is 1.54. The molecule has 0 unspecified atom stereocenters. The maximum absolute atomic E-state index is 13.3. The molecule has 0 saturated carbocycles. The molecule has 5 rings (SSSR count). The topological polar surface area (TPSA) is 6.48 Å². The molecule has 4 aromatic rings. The molecule has 1 saturated heterocycles. The number of rotatable bonds is 4. The lowest BCUT2D eigenvalue weighted by Gasteiger charge is -2.41. The molecule has 0 radical (unpaired) electrons. The maximum atomic E-state index is 13.3. The van der Waals surface area contributed by atoms with E-state index in [0.717, 1.165) is 46.2 Å². The first-order chi connectivity index (χ1) is 19.1. The lowest BCUT2D eigenvalue weighted by Crippen LogP contribution is -2.38. The van der Waals surface area contributed by atoms with Gasteiger partial charge in [-0.2, -0.15) is 26.3 Å². The predicted octanol–water partition coefficient (Wildman–Crippen LogP) is 8.50. The van der Waals surface area contributed by atoms with E-state index < -0.39 is 39.3 Å². The third kappa shape index (κ3) is 6.79. The fraction of sp³-hybridized carbons (Fsp3) is 0.200. The van der Waals surface area contributed by atoms with Crippen LogP contribution in [0.1, 0.15) is 11.1 Å². The van der Waals surface area contributed by atoms with E-state index in [1.54, 1.807) is 0 Å². The predicted molar refractivity (Wildman–Crippen MR) is 153 cm³/mol. The standard InChI is InChI=1S/C30H26F6N2P2/c31-29(32,33)23-11-15-25(16-12-23)37-19-39(27-7-3-1-4-8-27)20-38(22-40(21-37)28-9-5-2-6-10-28)26-17-13-24(14-18-26)30(34,35)36/h1-18H,19-22H2. The summed E-state index contributed by atoms with van der Waals surface area (Å²) in [6.45, 7) is 0. The van der Waals surface area contributed by atoms with Crippen molar-refractivity contribution < 1.29 is 26.3 Å². The first kappa shape index (κ1) is 28.4. The van der Waals surface area contributed by atoms with E-state index in [1.807, 2.05) is 60.7 Å². The molecule has 0 aliphatic carbocycles. The average molecular weight is 590 g/mol. The molecule has 2 nitrogen and oxygen atoms in total. The summed E-state index contributed by atoms with van der Waals surface area (Å²) < 4.78 is 79.6. The normalized spacial score (nSPS) is 18.8. The maximum Gasteiger partial charge on any atom is 0.416 e. The summed E-state index contributed by atoms with van der Waals surface area (Å²) in [5.74, 6) is 0. The van der Waals surface area contributed by atoms with E-state index in [0.29, 0.717) is 25.1 Å². The van der Waals surface area contributed by atoms with Crippen molar-refractivity contribution >= 4 is 37.8 Å². The minimum Gasteiger partial charge on any atom is -0.363 e. The molecular formula is C30H26F6N2P2. The van der Waals surface area contributed by atoms with Gasteiger partial charge in [-0.25, -0.2) is 0 Å². The van der Waals surface area contributed by atoms with Crippen LogP contribution in [0.2, 0.25) is 0 Å². The van der Waals surface area contributed by atoms with Crippen LogP contribution in [0.4, 0.5) is 37.7 Å². The van der Waals surface area contributed by atoms with Gasteiger partial charge >= 0.3 is 12.4 Å². The molecule has 1 aliphatic rings. The van der Waals surface area contributed by atoms with E-state index in [4.69, 9.17) is 0 Å². The molecule has 1 heterocycles. The van der Waals surface area contributed by atoms with Crippen molar-refractivity contribution in [2.45, 2.75) is 12.4 Å². The van der Waals surface area contributed by atoms with Gasteiger partial charge in [0.2, 0.25) is 0 Å². The second-order valence-electron chi connectivity index (χ2n) is 9.49. The molecular weight excluding hydrogens is 564 g/mol. The van der Waals surface area contributed by atoms with Gasteiger partial charge in [-0.15, -0.1) is 0 Å². The fourth-order valence-electron chi connectivity index (χ4n) is 4.66. The van der Waals surface area contributed by atoms with Crippen molar-refractivity contribution in [1.82, 2.24) is 0 Å². The smallest absolute Gasteiger partial charge is 0.363 e. The Kier molecular flexibility index (Phi) is 8.39. The second-order valence-corrected chi connectivity index (χ2v) is 13.8. The molecule has 4 aromatic carbocycles. The van der Waals surface area contributed by atoms with Crippen molar-refractivity contribution in [3.63, 3.8) is 0 Å². The van der Waals surface area contributed by atoms with E-state index in [2.05, 4.69) is 9.80 Å². The number of hydrogen-bond donors (Lipinski definition) is 0. The number of nitrogens with zero attached hydrogens (tertiary/aromatic N) is 2. The summed E-state index contributed by atoms with van der Waals surface area (Å²) in [6.07, 6.45) is -6.41. The van der Waals surface area contributed by atoms with E-state index in [1.165, 1.54) is 24.3 Å². The highest BCUT2D eigenvalue weighted by Gasteiger charge is 2.33. The Bertz CT molecular complexity index is 1260. The Morgan fingerprint density at radius 2 is 0.725 bits per heavy atom. The molecule has 1 aliphatic heterocycles. The van der Waals surface area contributed by atoms with E-state index in [-0.39, 0.29) is 0 Å². The summed E-state index contributed by atoms with van der Waals surface area (Å²) in [5, 5.41) is 2.24. The van der Waals surface area contributed by atoms with E-state index in [9.17, 15) is 26.3 Å². The summed E-state index contributed by atoms with van der Waals surface area (Å²) >= 11 is 0. The lowest BCUT2D eigenvalue weighted by molar-refractivity contribution is -0.138. The van der Waals surface area contributed by atoms with Crippen LogP contribution in [0.3, 0.4) is 0 Å². The first-order valence-corrected chi connectivity index (χ1v) is 15.9. The molecule has 0 spiro atoms. The van der Waals surface area contributed by atoms with Gasteiger partial charge in [0.05, 0.1) is 11.1 Å². The fourth-order valence-corrected chi connectivity index (χ4v) is 9.69. The van der Waals surface area contributed by atoms with Crippen LogP contribution in [0.25, 0.3) is 0 Å². The van der Waals surface area contributed by atoms with Crippen molar-refractivity contribution in [1.29, 1.82) is 0 Å². The average Bonchev–Trinajstić information content (AvgIpc) is 2.93. The molecule has 10 heteroatoms. The zero-order valence-corrected chi connectivity index (χ0v) is 23.1. The van der Waals surface area contributed by atoms with Gasteiger partial charge < -0.3 is 9.80 Å². The van der Waals surface area contributed by atoms with Gasteiger partial charge in [0.1, 0.15) is 0 Å². The molecule has 208 valence electrons. The van der Waals surface area contributed by atoms with Crippen molar-refractivity contribution in [3.8, 4) is 0 Å². The highest BCUT2D eigenvalue weighted by Crippen LogP contribution is 2.48. The first-order valence-electron chi connectivity index (χ1n) is 12.5. The molecule has 40 heavy (non-hydrogen) atoms. The third-order valence-electron chi connectivity index (χ3n) is 6.73. The van der Waals surface area contributed by atoms with Crippen LogP contribution in [0.15, 0.2) is 109 Å². The molecule has 0 aromatic heterocycles. The quantitative estimate of drug-likeness (QED) is 0.174. The minimum atomic E-state index is -4.41. The third-order valence-corrected chi connectivity index (χ3v) is 11.5. The SMILES string of the molecule is FC(F)(F)c1ccc(N2CP(c3ccccc3)CN(c3ccc(C(F)(F)F)cc3)CP(c3ccccc3)C2)cc1. The van der Waals surface area contributed by atoms with Crippen LogP contribution in [-0.4, -0.2) is 25.1 Å². The summed E-state index contributed by atoms with van der Waals surface area (Å²) in [5.41, 5.74) is 0.0746. The van der Waals surface area contributed by atoms with Crippen LogP contribution < -0.4 is 20.4 Å². The van der Waals surface area contributed by atoms with Crippen LogP contribution in [0.5, 0.6) is 0 Å². The zero-order chi connectivity index (χ0) is 28.3. The van der Waals surface area contributed by atoms with Crippen molar-refractivity contribution in [2.75, 3.05) is 34.9 Å². The van der Waals surface area contributed by atoms with Gasteiger partial charge in [0, 0.05) is 36.5 Å². The summed E-state index contributed by atoms with van der Waals surface area (Å²) in [6, 6.07) is 30.5. The van der Waals surface area contributed by atoms with Crippen molar-refractivity contribution in [3.05, 3.63) is 120 Å². The number of anilines is 2. The number of alkyl halides is 6. The molecule has 0 amide bonds. The van der Waals surface area contributed by atoms with Crippen LogP contribution in [0, 0.1) is 0 Å². The number of halogens is 6. The highest BCUT2D eigenvalue weighted by molar-refractivity contribution is 7.67. The monoisotopic (exact) mass is 590 g/mol. The van der Waals surface area contributed by atoms with Gasteiger partial charge in [0.15, 0.2) is 0 Å². The largest absolute Gasteiger partial charge is 0.416 e. The Hall–Kier alpha value is -3.08. The molecule has 0 N–H and O–H groups in total. The Morgan fingerprint density at radius 3 is 1.00 bits per heavy atom. The molecule has 0 bridgehead atoms. The van der Waals surface area contributed by atoms with Gasteiger partial charge in [0.25, 0.3) is 0 Å². The Labute approximate surface area is 231 Å². The van der Waals surface area contributed by atoms with Gasteiger partial charge in [-0.3, -0.25) is 0 Å². The number of hydrogen-bond acceptors (Lipinski definition) is 2. The lowest BCUT2D eigenvalue weighted by atomic mass is 10.2. The van der Waals surface area contributed by atoms with Crippen LogP contribution in [-0.2, 0) is 12.4 Å². The Morgan fingerprint density at radius 1 is 0.425 bits per heavy atom. The van der Waals surface area contributed by atoms with Crippen molar-refractivity contribution in [2.24, 2.45) is 0 Å². The number of benzene rings is 4. The zero-order valence-electron chi connectivity index (χ0n) is 21.3. The van der Waals surface area contributed by atoms with Crippen LogP contribution >= 0.6 is 15.8 Å². The van der Waals surface area contributed by atoms with Gasteiger partial charge in [-0.05, 0) is 75.0 Å².